The molecule has 38 heavy (non-hydrogen) atoms. The first-order valence-electron chi connectivity index (χ1n) is 15.2. The van der Waals surface area contributed by atoms with Crippen LogP contribution in [0.1, 0.15) is 136 Å². The van der Waals surface area contributed by atoms with E-state index in [9.17, 15) is 24.5 Å². The molecule has 10 heteroatoms. The zero-order valence-electron chi connectivity index (χ0n) is 24.3. The first-order valence-corrected chi connectivity index (χ1v) is 16.7. The van der Waals surface area contributed by atoms with Gasteiger partial charge >= 0.3 is 7.82 Å². The Kier molecular flexibility index (Phi) is 25.1. The summed E-state index contributed by atoms with van der Waals surface area (Å²) in [6.07, 6.45) is 17.4. The molecule has 0 aromatic carbocycles. The van der Waals surface area contributed by atoms with Crippen LogP contribution in [0, 0.1) is 0 Å². The predicted molar refractivity (Wildman–Crippen MR) is 154 cm³/mol. The molecule has 0 fully saturated rings. The topological polar surface area (TPSA) is 151 Å². The molecule has 0 aromatic heterocycles. The quantitative estimate of drug-likeness (QED) is 0.0594. The molecule has 6 N–H and O–H groups in total. The number of hydrogen-bond donors (Lipinski definition) is 5. The summed E-state index contributed by atoms with van der Waals surface area (Å²) in [5, 5.41) is 23.7. The number of rotatable bonds is 28. The fourth-order valence-corrected chi connectivity index (χ4v) is 5.17. The van der Waals surface area contributed by atoms with Gasteiger partial charge in [0.25, 0.3) is 0 Å². The molecule has 0 aliphatic carbocycles. The number of carbonyl (C=O) groups excluding carboxylic acids is 1. The Bertz CT molecular complexity index is 598. The zero-order chi connectivity index (χ0) is 28.5. The average molecular weight is 567 g/mol. The van der Waals surface area contributed by atoms with Crippen LogP contribution in [0.15, 0.2) is 0 Å². The molecule has 0 aliphatic rings. The van der Waals surface area contributed by atoms with Crippen LogP contribution in [0.25, 0.3) is 0 Å². The number of aliphatic hydroxyl groups excluding tert-OH is 2. The van der Waals surface area contributed by atoms with Crippen LogP contribution in [-0.4, -0.2) is 59.0 Å². The number of aliphatic hydroxyl groups is 2. The van der Waals surface area contributed by atoms with Crippen LogP contribution in [0.4, 0.5) is 0 Å². The summed E-state index contributed by atoms with van der Waals surface area (Å²) in [6.45, 7) is 3.94. The third kappa shape index (κ3) is 23.4. The summed E-state index contributed by atoms with van der Waals surface area (Å²) in [4.78, 5) is 22.4. The first kappa shape index (κ1) is 37.5. The lowest BCUT2D eigenvalue weighted by molar-refractivity contribution is -0.125. The van der Waals surface area contributed by atoms with Crippen molar-refractivity contribution >= 4 is 13.7 Å². The van der Waals surface area contributed by atoms with Gasteiger partial charge in [0.05, 0.1) is 37.9 Å². The normalized spacial score (nSPS) is 15.6. The van der Waals surface area contributed by atoms with Gasteiger partial charge in [-0.1, -0.05) is 117 Å². The van der Waals surface area contributed by atoms with Crippen LogP contribution in [0.2, 0.25) is 0 Å². The second-order valence-electron chi connectivity index (χ2n) is 10.5. The van der Waals surface area contributed by atoms with Crippen molar-refractivity contribution in [2.24, 2.45) is 5.73 Å². The summed E-state index contributed by atoms with van der Waals surface area (Å²) in [7, 11) is -4.35. The number of amides is 1. The summed E-state index contributed by atoms with van der Waals surface area (Å²) in [6, 6.07) is -0.885. The van der Waals surface area contributed by atoms with E-state index in [1.807, 2.05) is 0 Å². The Balaban J connectivity index is 4.53. The van der Waals surface area contributed by atoms with Gasteiger partial charge in [-0.15, -0.1) is 0 Å². The lowest BCUT2D eigenvalue weighted by atomic mass is 10.0. The lowest BCUT2D eigenvalue weighted by Crippen LogP contribution is -2.47. The number of hydrogen-bond acceptors (Lipinski definition) is 7. The van der Waals surface area contributed by atoms with Crippen molar-refractivity contribution in [2.75, 3.05) is 19.8 Å². The van der Waals surface area contributed by atoms with Gasteiger partial charge in [-0.3, -0.25) is 13.8 Å². The SMILES string of the molecule is CCCCCCCCCCC(O)CC(=O)NC(COP(=O)(O)OCCN)C(O)CCCCCCCCCC. The molecule has 228 valence electrons. The molecule has 0 spiro atoms. The van der Waals surface area contributed by atoms with E-state index in [-0.39, 0.29) is 26.2 Å². The molecule has 0 bridgehead atoms. The highest BCUT2D eigenvalue weighted by molar-refractivity contribution is 7.47. The van der Waals surface area contributed by atoms with Gasteiger partial charge in [-0.2, -0.15) is 0 Å². The molecule has 0 saturated heterocycles. The molecule has 0 radical (unpaired) electrons. The third-order valence-electron chi connectivity index (χ3n) is 6.77. The first-order chi connectivity index (χ1) is 18.3. The zero-order valence-corrected chi connectivity index (χ0v) is 25.2. The van der Waals surface area contributed by atoms with E-state index in [2.05, 4.69) is 19.2 Å². The smallest absolute Gasteiger partial charge is 0.393 e. The molecule has 0 heterocycles. The maximum Gasteiger partial charge on any atom is 0.472 e. The Morgan fingerprint density at radius 2 is 1.26 bits per heavy atom. The predicted octanol–water partition coefficient (Wildman–Crippen LogP) is 5.74. The largest absolute Gasteiger partial charge is 0.472 e. The fourth-order valence-electron chi connectivity index (χ4n) is 4.41. The molecule has 0 rings (SSSR count). The molecule has 0 saturated carbocycles. The minimum absolute atomic E-state index is 0.0614. The van der Waals surface area contributed by atoms with Crippen molar-refractivity contribution in [2.45, 2.75) is 154 Å². The molecule has 4 unspecified atom stereocenters. The number of phosphoric acid groups is 1. The number of phosphoric ester groups is 1. The summed E-state index contributed by atoms with van der Waals surface area (Å²) in [5.41, 5.74) is 5.31. The van der Waals surface area contributed by atoms with Crippen molar-refractivity contribution in [3.63, 3.8) is 0 Å². The maximum absolute atomic E-state index is 12.6. The van der Waals surface area contributed by atoms with Gasteiger partial charge in [0.2, 0.25) is 5.91 Å². The van der Waals surface area contributed by atoms with Crippen molar-refractivity contribution in [1.82, 2.24) is 5.32 Å². The maximum atomic E-state index is 12.6. The van der Waals surface area contributed by atoms with Crippen molar-refractivity contribution in [3.05, 3.63) is 0 Å². The second-order valence-corrected chi connectivity index (χ2v) is 12.0. The summed E-state index contributed by atoms with van der Waals surface area (Å²) < 4.78 is 21.8. The summed E-state index contributed by atoms with van der Waals surface area (Å²) >= 11 is 0. The molecule has 0 aliphatic heterocycles. The van der Waals surface area contributed by atoms with Crippen LogP contribution in [-0.2, 0) is 18.4 Å². The van der Waals surface area contributed by atoms with E-state index in [0.717, 1.165) is 38.5 Å². The Morgan fingerprint density at radius 3 is 1.76 bits per heavy atom. The van der Waals surface area contributed by atoms with E-state index < -0.39 is 32.0 Å². The molecular weight excluding hydrogens is 507 g/mol. The van der Waals surface area contributed by atoms with Crippen molar-refractivity contribution in [3.8, 4) is 0 Å². The molecule has 4 atom stereocenters. The number of carbonyl (C=O) groups is 1. The van der Waals surface area contributed by atoms with Gasteiger partial charge in [-0.25, -0.2) is 4.57 Å². The van der Waals surface area contributed by atoms with Gasteiger partial charge in [0.15, 0.2) is 0 Å². The number of nitrogens with two attached hydrogens (primary N) is 1. The molecule has 9 nitrogen and oxygen atoms in total. The van der Waals surface area contributed by atoms with E-state index in [0.29, 0.717) is 12.8 Å². The Labute approximate surface area is 232 Å². The van der Waals surface area contributed by atoms with Gasteiger partial charge < -0.3 is 26.2 Å². The van der Waals surface area contributed by atoms with Crippen LogP contribution >= 0.6 is 7.82 Å². The minimum atomic E-state index is -4.35. The van der Waals surface area contributed by atoms with E-state index in [4.69, 9.17) is 14.8 Å². The van der Waals surface area contributed by atoms with Gasteiger partial charge in [-0.05, 0) is 12.8 Å². The van der Waals surface area contributed by atoms with Gasteiger partial charge in [0.1, 0.15) is 0 Å². The molecule has 1 amide bonds. The van der Waals surface area contributed by atoms with Crippen LogP contribution in [0.3, 0.4) is 0 Å². The van der Waals surface area contributed by atoms with E-state index >= 15 is 0 Å². The second kappa shape index (κ2) is 25.4. The summed E-state index contributed by atoms with van der Waals surface area (Å²) in [5.74, 6) is -0.420. The fraction of sp³-hybridized carbons (Fsp3) is 0.964. The van der Waals surface area contributed by atoms with Crippen molar-refractivity contribution < 1.29 is 33.5 Å². The lowest BCUT2D eigenvalue weighted by Gasteiger charge is -2.25. The molecular formula is C28H59N2O7P. The average Bonchev–Trinajstić information content (AvgIpc) is 2.88. The number of nitrogens with one attached hydrogen (secondary N) is 1. The van der Waals surface area contributed by atoms with E-state index in [1.54, 1.807) is 0 Å². The van der Waals surface area contributed by atoms with E-state index in [1.165, 1.54) is 64.2 Å². The minimum Gasteiger partial charge on any atom is -0.393 e. The van der Waals surface area contributed by atoms with Crippen molar-refractivity contribution in [1.29, 1.82) is 0 Å². The molecule has 0 aromatic rings. The Morgan fingerprint density at radius 1 is 0.789 bits per heavy atom. The highest BCUT2D eigenvalue weighted by Gasteiger charge is 2.28. The van der Waals surface area contributed by atoms with Crippen LogP contribution < -0.4 is 11.1 Å². The van der Waals surface area contributed by atoms with Gasteiger partial charge in [0, 0.05) is 6.54 Å². The monoisotopic (exact) mass is 566 g/mol. The highest BCUT2D eigenvalue weighted by atomic mass is 31.2. The van der Waals surface area contributed by atoms with Crippen LogP contribution in [0.5, 0.6) is 0 Å². The Hall–Kier alpha value is -0.540. The highest BCUT2D eigenvalue weighted by Crippen LogP contribution is 2.43. The number of unbranched alkanes of at least 4 members (excludes halogenated alkanes) is 14. The third-order valence-corrected chi connectivity index (χ3v) is 7.75. The standard InChI is InChI=1S/C28H59N2O7P/c1-3-5-7-9-11-13-15-17-19-25(31)23-28(33)30-26(24-37-38(34,35)36-22-21-29)27(32)20-18-16-14-12-10-8-6-4-2/h25-27,31-32H,3-24,29H2,1-2H3,(H,30,33)(H,34,35).